The molecule has 0 saturated heterocycles. The van der Waals surface area contributed by atoms with E-state index in [1.807, 2.05) is 13.8 Å². The smallest absolute Gasteiger partial charge is 0.276 e. The van der Waals surface area contributed by atoms with Crippen molar-refractivity contribution in [2.24, 2.45) is 0 Å². The first-order valence-corrected chi connectivity index (χ1v) is 10.8. The minimum absolute atomic E-state index is 0.110. The van der Waals surface area contributed by atoms with Crippen LogP contribution in [0, 0.1) is 13.8 Å². The van der Waals surface area contributed by atoms with Crippen molar-refractivity contribution >= 4 is 15.9 Å². The molecule has 1 aliphatic heterocycles. The number of nitrogens with zero attached hydrogens (tertiary/aromatic N) is 3. The topological polar surface area (TPSA) is 128 Å². The lowest BCUT2D eigenvalue weighted by Crippen LogP contribution is -2.36. The van der Waals surface area contributed by atoms with Gasteiger partial charge in [-0.05, 0) is 43.2 Å². The van der Waals surface area contributed by atoms with Gasteiger partial charge in [-0.25, -0.2) is 13.9 Å². The van der Waals surface area contributed by atoms with Gasteiger partial charge in [0.25, 0.3) is 5.91 Å². The zero-order valence-corrected chi connectivity index (χ0v) is 17.3. The van der Waals surface area contributed by atoms with Crippen LogP contribution in [0.4, 0.5) is 0 Å². The Bertz CT molecular complexity index is 1200. The maximum atomic E-state index is 13.2. The van der Waals surface area contributed by atoms with Gasteiger partial charge in [-0.15, -0.1) is 0 Å². The summed E-state index contributed by atoms with van der Waals surface area (Å²) >= 11 is 0. The minimum atomic E-state index is -3.72. The van der Waals surface area contributed by atoms with Crippen LogP contribution in [-0.2, 0) is 23.0 Å². The van der Waals surface area contributed by atoms with E-state index in [9.17, 15) is 13.2 Å². The second-order valence-corrected chi connectivity index (χ2v) is 9.13. The number of aromatic amines is 1. The van der Waals surface area contributed by atoms with Crippen LogP contribution in [0.1, 0.15) is 33.0 Å². The van der Waals surface area contributed by atoms with Gasteiger partial charge in [0.2, 0.25) is 10.0 Å². The summed E-state index contributed by atoms with van der Waals surface area (Å²) in [6, 6.07) is 8.31. The van der Waals surface area contributed by atoms with Crippen molar-refractivity contribution in [2.75, 3.05) is 6.54 Å². The Morgan fingerprint density at radius 1 is 1.23 bits per heavy atom. The Balaban J connectivity index is 1.61. The van der Waals surface area contributed by atoms with Crippen molar-refractivity contribution in [3.8, 4) is 11.1 Å². The molecule has 1 aliphatic rings. The number of rotatable bonds is 4. The summed E-state index contributed by atoms with van der Waals surface area (Å²) in [7, 11) is -3.72. The second-order valence-electron chi connectivity index (χ2n) is 7.19. The molecule has 0 saturated carbocycles. The van der Waals surface area contributed by atoms with Gasteiger partial charge >= 0.3 is 0 Å². The first-order valence-electron chi connectivity index (χ1n) is 9.35. The number of H-pyrrole nitrogens is 1. The number of hydroxylamine groups is 1. The third-order valence-electron chi connectivity index (χ3n) is 5.28. The number of hydrogen-bond acceptors (Lipinski definition) is 6. The fourth-order valence-electron chi connectivity index (χ4n) is 3.71. The van der Waals surface area contributed by atoms with Crippen LogP contribution < -0.4 is 5.48 Å². The Morgan fingerprint density at radius 2 is 1.97 bits per heavy atom. The molecule has 4 rings (SSSR count). The van der Waals surface area contributed by atoms with Crippen molar-refractivity contribution in [3.05, 3.63) is 64.7 Å². The predicted molar refractivity (Wildman–Crippen MR) is 108 cm³/mol. The molecule has 3 N–H and O–H groups in total. The highest BCUT2D eigenvalue weighted by Crippen LogP contribution is 2.29. The van der Waals surface area contributed by atoms with Crippen LogP contribution in [0.2, 0.25) is 0 Å². The lowest BCUT2D eigenvalue weighted by atomic mass is 10.0. The van der Waals surface area contributed by atoms with E-state index in [2.05, 4.69) is 15.2 Å². The van der Waals surface area contributed by atoms with Crippen molar-refractivity contribution in [1.29, 1.82) is 0 Å². The first-order chi connectivity index (χ1) is 14.3. The average molecular weight is 427 g/mol. The first kappa shape index (κ1) is 20.2. The molecule has 0 unspecified atom stereocenters. The summed E-state index contributed by atoms with van der Waals surface area (Å²) < 4.78 is 27.7. The number of pyridine rings is 1. The van der Waals surface area contributed by atoms with Crippen LogP contribution in [-0.4, -0.2) is 45.6 Å². The molecule has 0 fully saturated rings. The summed E-state index contributed by atoms with van der Waals surface area (Å²) in [6.45, 7) is 4.23. The summed E-state index contributed by atoms with van der Waals surface area (Å²) in [4.78, 5) is 16.1. The monoisotopic (exact) mass is 427 g/mol. The number of benzene rings is 1. The van der Waals surface area contributed by atoms with E-state index in [0.29, 0.717) is 18.5 Å². The molecule has 0 radical (unpaired) electrons. The van der Waals surface area contributed by atoms with Crippen LogP contribution in [0.5, 0.6) is 0 Å². The standard InChI is InChI=1S/C20H21N5O4S/c1-12-19(13(2)23-22-12)14-3-5-17(6-4-14)30(28,29)25-8-7-18-16(11-25)9-15(10-21-18)20(26)24-27/h3-6,9-10,27H,7-8,11H2,1-2H3,(H,22,23)(H,24,26). The van der Waals surface area contributed by atoms with Crippen LogP contribution >= 0.6 is 0 Å². The zero-order valence-electron chi connectivity index (χ0n) is 16.5. The molecule has 0 atom stereocenters. The highest BCUT2D eigenvalue weighted by molar-refractivity contribution is 7.89. The van der Waals surface area contributed by atoms with E-state index in [4.69, 9.17) is 5.21 Å². The minimum Gasteiger partial charge on any atom is -0.288 e. The van der Waals surface area contributed by atoms with Gasteiger partial charge in [0.05, 0.1) is 16.2 Å². The Morgan fingerprint density at radius 3 is 2.60 bits per heavy atom. The molecule has 0 bridgehead atoms. The number of amides is 1. The van der Waals surface area contributed by atoms with E-state index in [1.54, 1.807) is 35.8 Å². The average Bonchev–Trinajstić information content (AvgIpc) is 3.10. The number of carbonyl (C=O) groups is 1. The quantitative estimate of drug-likeness (QED) is 0.431. The molecule has 1 amide bonds. The van der Waals surface area contributed by atoms with Crippen LogP contribution in [0.15, 0.2) is 41.4 Å². The molecular formula is C20H21N5O4S. The third-order valence-corrected chi connectivity index (χ3v) is 7.14. The number of fused-ring (bicyclic) bond motifs is 1. The largest absolute Gasteiger partial charge is 0.288 e. The Kier molecular flexibility index (Phi) is 5.14. The summed E-state index contributed by atoms with van der Waals surface area (Å²) in [5, 5.41) is 15.9. The van der Waals surface area contributed by atoms with E-state index in [1.165, 1.54) is 10.5 Å². The van der Waals surface area contributed by atoms with Crippen molar-refractivity contribution < 1.29 is 18.4 Å². The number of aromatic nitrogens is 3. The molecule has 30 heavy (non-hydrogen) atoms. The summed E-state index contributed by atoms with van der Waals surface area (Å²) in [5.74, 6) is -0.689. The molecule has 3 aromatic rings. The molecule has 0 aliphatic carbocycles. The molecule has 156 valence electrons. The van der Waals surface area contributed by atoms with Crippen molar-refractivity contribution in [3.63, 3.8) is 0 Å². The van der Waals surface area contributed by atoms with Crippen molar-refractivity contribution in [2.45, 2.75) is 31.7 Å². The normalized spacial score (nSPS) is 14.4. The Hall–Kier alpha value is -3.08. The zero-order chi connectivity index (χ0) is 21.5. The summed E-state index contributed by atoms with van der Waals surface area (Å²) in [5.41, 5.74) is 6.76. The van der Waals surface area contributed by atoms with Crippen LogP contribution in [0.3, 0.4) is 0 Å². The van der Waals surface area contributed by atoms with E-state index in [0.717, 1.165) is 28.2 Å². The maximum absolute atomic E-state index is 13.2. The Labute approximate surface area is 173 Å². The second kappa shape index (κ2) is 7.63. The number of aryl methyl sites for hydroxylation is 2. The fourth-order valence-corrected chi connectivity index (χ4v) is 5.13. The summed E-state index contributed by atoms with van der Waals surface area (Å²) in [6.07, 6.45) is 1.81. The molecule has 0 spiro atoms. The molecule has 9 nitrogen and oxygen atoms in total. The van der Waals surface area contributed by atoms with Crippen LogP contribution in [0.25, 0.3) is 11.1 Å². The molecule has 1 aromatic carbocycles. The van der Waals surface area contributed by atoms with E-state index in [-0.39, 0.29) is 17.0 Å². The number of hydrogen-bond donors (Lipinski definition) is 3. The van der Waals surface area contributed by atoms with Gasteiger partial charge in [-0.2, -0.15) is 9.40 Å². The molecule has 3 heterocycles. The van der Waals surface area contributed by atoms with E-state index >= 15 is 0 Å². The lowest BCUT2D eigenvalue weighted by molar-refractivity contribution is 0.0705. The van der Waals surface area contributed by atoms with Gasteiger partial charge in [0, 0.05) is 42.7 Å². The number of sulfonamides is 1. The highest BCUT2D eigenvalue weighted by Gasteiger charge is 2.29. The van der Waals surface area contributed by atoms with Gasteiger partial charge in [0.1, 0.15) is 0 Å². The van der Waals surface area contributed by atoms with Gasteiger partial charge < -0.3 is 0 Å². The van der Waals surface area contributed by atoms with E-state index < -0.39 is 15.9 Å². The SMILES string of the molecule is Cc1n[nH]c(C)c1-c1ccc(S(=O)(=O)N2CCc3ncc(C(=O)NO)cc3C2)cc1. The molecular weight excluding hydrogens is 406 g/mol. The van der Waals surface area contributed by atoms with Gasteiger partial charge in [0.15, 0.2) is 0 Å². The third kappa shape index (κ3) is 3.49. The van der Waals surface area contributed by atoms with Crippen molar-refractivity contribution in [1.82, 2.24) is 25.0 Å². The highest BCUT2D eigenvalue weighted by atomic mass is 32.2. The predicted octanol–water partition coefficient (Wildman–Crippen LogP) is 1.95. The number of nitrogens with one attached hydrogen (secondary N) is 2. The molecule has 2 aromatic heterocycles. The van der Waals surface area contributed by atoms with Gasteiger partial charge in [-0.1, -0.05) is 12.1 Å². The molecule has 10 heteroatoms. The maximum Gasteiger partial charge on any atom is 0.276 e. The van der Waals surface area contributed by atoms with Gasteiger partial charge in [-0.3, -0.25) is 20.1 Å². The number of carbonyl (C=O) groups excluding carboxylic acids is 1. The lowest BCUT2D eigenvalue weighted by Gasteiger charge is -2.27. The fraction of sp³-hybridized carbons (Fsp3) is 0.250.